The molecule has 2 N–H and O–H groups in total. The molecule has 4 rings (SSSR count). The molecular formula is C27H24N2O5. The van der Waals surface area contributed by atoms with Gasteiger partial charge in [-0.2, -0.15) is 5.26 Å². The van der Waals surface area contributed by atoms with Gasteiger partial charge in [0, 0.05) is 11.6 Å². The van der Waals surface area contributed by atoms with Crippen LogP contribution in [0.5, 0.6) is 23.0 Å². The Morgan fingerprint density at radius 3 is 2.59 bits per heavy atom. The maximum absolute atomic E-state index is 12.4. The largest absolute Gasteiger partial charge is 0.493 e. The zero-order chi connectivity index (χ0) is 24.1. The van der Waals surface area contributed by atoms with Crippen LogP contribution in [0.3, 0.4) is 0 Å². The van der Waals surface area contributed by atoms with Crippen molar-refractivity contribution in [3.8, 4) is 29.1 Å². The minimum absolute atomic E-state index is 0.000568. The fraction of sp³-hybridized carbons (Fsp3) is 0.185. The minimum atomic E-state index is -0.479. The van der Waals surface area contributed by atoms with E-state index in [1.54, 1.807) is 31.4 Å². The number of fused-ring (bicyclic) bond motifs is 1. The normalized spacial score (nSPS) is 14.4. The summed E-state index contributed by atoms with van der Waals surface area (Å²) in [5.41, 5.74) is 8.76. The summed E-state index contributed by atoms with van der Waals surface area (Å²) in [5, 5.41) is 9.80. The van der Waals surface area contributed by atoms with E-state index in [0.717, 1.165) is 16.7 Å². The third-order valence-corrected chi connectivity index (χ3v) is 5.43. The Labute approximate surface area is 197 Å². The molecule has 3 aromatic rings. The van der Waals surface area contributed by atoms with Crippen LogP contribution in [0.4, 0.5) is 0 Å². The number of ether oxygens (including phenoxy) is 4. The van der Waals surface area contributed by atoms with E-state index in [1.165, 1.54) is 0 Å². The van der Waals surface area contributed by atoms with Gasteiger partial charge in [0.15, 0.2) is 11.5 Å². The van der Waals surface area contributed by atoms with Crippen molar-refractivity contribution in [2.75, 3.05) is 13.7 Å². The number of nitrogens with two attached hydrogens (primary N) is 1. The number of carbonyl (C=O) groups is 1. The molecule has 0 radical (unpaired) electrons. The van der Waals surface area contributed by atoms with Crippen molar-refractivity contribution in [3.05, 3.63) is 94.9 Å². The van der Waals surface area contributed by atoms with Crippen LogP contribution in [0, 0.1) is 11.3 Å². The summed E-state index contributed by atoms with van der Waals surface area (Å²) in [6, 6.07) is 22.1. The highest BCUT2D eigenvalue weighted by Crippen LogP contribution is 2.45. The van der Waals surface area contributed by atoms with Crippen molar-refractivity contribution in [2.45, 2.75) is 19.3 Å². The van der Waals surface area contributed by atoms with Crippen LogP contribution in [0.15, 0.2) is 78.2 Å². The molecule has 0 saturated carbocycles. The predicted molar refractivity (Wildman–Crippen MR) is 126 cm³/mol. The molecule has 1 unspecified atom stereocenters. The molecule has 0 amide bonds. The van der Waals surface area contributed by atoms with E-state index in [4.69, 9.17) is 24.7 Å². The van der Waals surface area contributed by atoms with E-state index < -0.39 is 11.9 Å². The van der Waals surface area contributed by atoms with Crippen molar-refractivity contribution in [1.82, 2.24) is 0 Å². The molecule has 7 heteroatoms. The highest BCUT2D eigenvalue weighted by atomic mass is 16.5. The van der Waals surface area contributed by atoms with Crippen LogP contribution in [0.25, 0.3) is 0 Å². The second-order valence-electron chi connectivity index (χ2n) is 7.60. The van der Waals surface area contributed by atoms with Crippen LogP contribution in [-0.2, 0) is 11.2 Å². The number of nitrogens with zero attached hydrogens (tertiary/aromatic N) is 1. The molecule has 1 heterocycles. The van der Waals surface area contributed by atoms with Gasteiger partial charge in [-0.25, -0.2) is 0 Å². The summed E-state index contributed by atoms with van der Waals surface area (Å²) in [6.45, 7) is 2.39. The van der Waals surface area contributed by atoms with Gasteiger partial charge in [0.05, 0.1) is 26.1 Å². The smallest absolute Gasteiger partial charge is 0.315 e. The van der Waals surface area contributed by atoms with Crippen LogP contribution in [0.1, 0.15) is 29.5 Å². The van der Waals surface area contributed by atoms with Crippen molar-refractivity contribution >= 4 is 5.97 Å². The summed E-state index contributed by atoms with van der Waals surface area (Å²) < 4.78 is 22.3. The van der Waals surface area contributed by atoms with Crippen LogP contribution in [-0.4, -0.2) is 19.7 Å². The van der Waals surface area contributed by atoms with Gasteiger partial charge in [-0.1, -0.05) is 42.5 Å². The molecule has 172 valence electrons. The van der Waals surface area contributed by atoms with Crippen LogP contribution in [0.2, 0.25) is 0 Å². The fourth-order valence-corrected chi connectivity index (χ4v) is 3.91. The number of esters is 1. The Morgan fingerprint density at radius 2 is 1.88 bits per heavy atom. The van der Waals surface area contributed by atoms with E-state index in [1.807, 2.05) is 49.4 Å². The van der Waals surface area contributed by atoms with Gasteiger partial charge < -0.3 is 24.7 Å². The fourth-order valence-electron chi connectivity index (χ4n) is 3.91. The molecule has 3 aromatic carbocycles. The van der Waals surface area contributed by atoms with Gasteiger partial charge in [-0.3, -0.25) is 4.79 Å². The molecule has 1 aliphatic rings. The zero-order valence-electron chi connectivity index (χ0n) is 18.9. The molecular weight excluding hydrogens is 432 g/mol. The number of hydrogen-bond acceptors (Lipinski definition) is 7. The first-order valence-electron chi connectivity index (χ1n) is 10.8. The predicted octanol–water partition coefficient (Wildman–Crippen LogP) is 4.46. The average Bonchev–Trinajstić information content (AvgIpc) is 2.84. The number of nitriles is 1. The number of carbonyl (C=O) groups excluding carboxylic acids is 1. The molecule has 0 saturated heterocycles. The molecule has 0 aliphatic carbocycles. The van der Waals surface area contributed by atoms with E-state index in [2.05, 4.69) is 6.07 Å². The molecule has 0 spiro atoms. The Bertz CT molecular complexity index is 1280. The second-order valence-corrected chi connectivity index (χ2v) is 7.60. The number of hydrogen-bond donors (Lipinski definition) is 1. The highest BCUT2D eigenvalue weighted by Gasteiger charge is 2.31. The summed E-state index contributed by atoms with van der Waals surface area (Å²) in [6.07, 6.45) is 0.147. The Morgan fingerprint density at radius 1 is 1.09 bits per heavy atom. The van der Waals surface area contributed by atoms with Gasteiger partial charge in [-0.15, -0.1) is 0 Å². The number of methoxy groups -OCH3 is 1. The van der Waals surface area contributed by atoms with E-state index >= 15 is 0 Å². The quantitative estimate of drug-likeness (QED) is 0.413. The summed E-state index contributed by atoms with van der Waals surface area (Å²) >= 11 is 0. The van der Waals surface area contributed by atoms with Gasteiger partial charge >= 0.3 is 5.97 Å². The van der Waals surface area contributed by atoms with Gasteiger partial charge in [0.2, 0.25) is 5.88 Å². The van der Waals surface area contributed by atoms with Gasteiger partial charge in [-0.05, 0) is 36.2 Å². The molecule has 0 aromatic heterocycles. The highest BCUT2D eigenvalue weighted by molar-refractivity contribution is 5.75. The Kier molecular flexibility index (Phi) is 6.69. The monoisotopic (exact) mass is 456 g/mol. The van der Waals surface area contributed by atoms with Crippen LogP contribution < -0.4 is 24.7 Å². The maximum Gasteiger partial charge on any atom is 0.315 e. The van der Waals surface area contributed by atoms with Crippen LogP contribution >= 0.6 is 0 Å². The van der Waals surface area contributed by atoms with Crippen molar-refractivity contribution < 1.29 is 23.7 Å². The second kappa shape index (κ2) is 10.0. The van der Waals surface area contributed by atoms with Crippen molar-refractivity contribution in [2.24, 2.45) is 5.73 Å². The summed E-state index contributed by atoms with van der Waals surface area (Å²) in [5.74, 6) is 1.03. The average molecular weight is 456 g/mol. The SMILES string of the molecule is CCOc1ccc(C2C(C#N)=C(N)Oc3cc(OC(=O)Cc4ccccc4)ccc32)cc1OC. The minimum Gasteiger partial charge on any atom is -0.493 e. The molecule has 0 fully saturated rings. The van der Waals surface area contributed by atoms with E-state index in [9.17, 15) is 10.1 Å². The van der Waals surface area contributed by atoms with Crippen molar-refractivity contribution in [3.63, 3.8) is 0 Å². The lowest BCUT2D eigenvalue weighted by atomic mass is 9.83. The molecule has 34 heavy (non-hydrogen) atoms. The number of rotatable bonds is 7. The standard InChI is InChI=1S/C27H24N2O5/c1-3-32-22-12-9-18(14-24(22)31-2)26-20-11-10-19(15-23(20)34-27(29)21(26)16-28)33-25(30)13-17-7-5-4-6-8-17/h4-12,14-15,26H,3,13,29H2,1-2H3. The lowest BCUT2D eigenvalue weighted by molar-refractivity contribution is -0.133. The van der Waals surface area contributed by atoms with Gasteiger partial charge in [0.1, 0.15) is 23.1 Å². The summed E-state index contributed by atoms with van der Waals surface area (Å²) in [4.78, 5) is 12.4. The molecule has 0 bridgehead atoms. The lowest BCUT2D eigenvalue weighted by Crippen LogP contribution is -2.21. The summed E-state index contributed by atoms with van der Waals surface area (Å²) in [7, 11) is 1.56. The Balaban J connectivity index is 1.65. The number of allylic oxidation sites excluding steroid dienone is 1. The van der Waals surface area contributed by atoms with E-state index in [0.29, 0.717) is 29.6 Å². The molecule has 7 nitrogen and oxygen atoms in total. The first-order valence-corrected chi connectivity index (χ1v) is 10.8. The zero-order valence-corrected chi connectivity index (χ0v) is 18.9. The first-order chi connectivity index (χ1) is 16.5. The van der Waals surface area contributed by atoms with Crippen molar-refractivity contribution in [1.29, 1.82) is 5.26 Å². The number of benzene rings is 3. The maximum atomic E-state index is 12.4. The van der Waals surface area contributed by atoms with Gasteiger partial charge in [0.25, 0.3) is 0 Å². The third kappa shape index (κ3) is 4.66. The Hall–Kier alpha value is -4.44. The molecule has 1 aliphatic heterocycles. The third-order valence-electron chi connectivity index (χ3n) is 5.43. The topological polar surface area (TPSA) is 104 Å². The van der Waals surface area contributed by atoms with E-state index in [-0.39, 0.29) is 17.9 Å². The lowest BCUT2D eigenvalue weighted by Gasteiger charge is -2.27. The molecule has 1 atom stereocenters. The first kappa shape index (κ1) is 22.7.